The summed E-state index contributed by atoms with van der Waals surface area (Å²) in [5.41, 5.74) is 3.23. The molecule has 0 aliphatic rings. The maximum Gasteiger partial charge on any atom is 0.132 e. The minimum atomic E-state index is 0.931. The normalized spacial score (nSPS) is 10.2. The van der Waals surface area contributed by atoms with E-state index in [1.807, 2.05) is 18.2 Å². The number of nitrogens with zero attached hydrogens (tertiary/aromatic N) is 2. The van der Waals surface area contributed by atoms with Crippen LogP contribution in [-0.2, 0) is 0 Å². The van der Waals surface area contributed by atoms with Crippen molar-refractivity contribution in [2.24, 2.45) is 0 Å². The summed E-state index contributed by atoms with van der Waals surface area (Å²) in [5, 5.41) is 3.32. The molecule has 0 radical (unpaired) electrons. The van der Waals surface area contributed by atoms with Gasteiger partial charge in [-0.15, -0.1) is 0 Å². The predicted molar refractivity (Wildman–Crippen MR) is 71.0 cm³/mol. The molecule has 3 heteroatoms. The Labute approximate surface area is 102 Å². The lowest BCUT2D eigenvalue weighted by atomic mass is 10.1. The predicted octanol–water partition coefficient (Wildman–Crippen LogP) is 3.27. The number of benzene rings is 1. The molecule has 0 aliphatic carbocycles. The quantitative estimate of drug-likeness (QED) is 0.871. The van der Waals surface area contributed by atoms with E-state index in [1.54, 1.807) is 6.33 Å². The van der Waals surface area contributed by atoms with Gasteiger partial charge in [-0.1, -0.05) is 37.3 Å². The van der Waals surface area contributed by atoms with E-state index in [2.05, 4.69) is 41.3 Å². The zero-order valence-corrected chi connectivity index (χ0v) is 10.3. The molecule has 2 aromatic rings. The highest BCUT2D eigenvalue weighted by molar-refractivity contribution is 5.67. The lowest BCUT2D eigenvalue weighted by Gasteiger charge is -2.10. The van der Waals surface area contributed by atoms with Gasteiger partial charge >= 0.3 is 0 Å². The van der Waals surface area contributed by atoms with Gasteiger partial charge in [-0.05, 0) is 13.3 Å². The van der Waals surface area contributed by atoms with Crippen LogP contribution in [0.5, 0.6) is 0 Å². The summed E-state index contributed by atoms with van der Waals surface area (Å²) in [4.78, 5) is 8.65. The highest BCUT2D eigenvalue weighted by Crippen LogP contribution is 2.24. The zero-order chi connectivity index (χ0) is 12.1. The van der Waals surface area contributed by atoms with Gasteiger partial charge in [0.25, 0.3) is 0 Å². The minimum Gasteiger partial charge on any atom is -0.370 e. The standard InChI is InChI=1S/C14H17N3/c1-3-9-15-14-11(2)13(16-10-17-14)12-7-5-4-6-8-12/h4-8,10H,3,9H2,1-2H3,(H,15,16,17). The highest BCUT2D eigenvalue weighted by atomic mass is 15.0. The first kappa shape index (κ1) is 11.6. The van der Waals surface area contributed by atoms with E-state index in [1.165, 1.54) is 0 Å². The minimum absolute atomic E-state index is 0.931. The van der Waals surface area contributed by atoms with Gasteiger partial charge in [-0.3, -0.25) is 0 Å². The highest BCUT2D eigenvalue weighted by Gasteiger charge is 2.07. The smallest absolute Gasteiger partial charge is 0.132 e. The van der Waals surface area contributed by atoms with Crippen molar-refractivity contribution >= 4 is 5.82 Å². The number of rotatable bonds is 4. The largest absolute Gasteiger partial charge is 0.370 e. The summed E-state index contributed by atoms with van der Waals surface area (Å²) in [6.07, 6.45) is 2.71. The van der Waals surface area contributed by atoms with Gasteiger partial charge in [-0.2, -0.15) is 0 Å². The SMILES string of the molecule is CCCNc1ncnc(-c2ccccc2)c1C. The molecule has 0 amide bonds. The van der Waals surface area contributed by atoms with E-state index in [-0.39, 0.29) is 0 Å². The van der Waals surface area contributed by atoms with Crippen LogP contribution in [0.3, 0.4) is 0 Å². The van der Waals surface area contributed by atoms with Crippen LogP contribution in [0.15, 0.2) is 36.7 Å². The second kappa shape index (κ2) is 5.43. The molecule has 0 unspecified atom stereocenters. The van der Waals surface area contributed by atoms with Crippen molar-refractivity contribution in [2.75, 3.05) is 11.9 Å². The van der Waals surface area contributed by atoms with Crippen molar-refractivity contribution in [3.05, 3.63) is 42.2 Å². The first-order chi connectivity index (χ1) is 8.33. The Hall–Kier alpha value is -1.90. The molecule has 88 valence electrons. The van der Waals surface area contributed by atoms with Crippen molar-refractivity contribution in [3.63, 3.8) is 0 Å². The first-order valence-electron chi connectivity index (χ1n) is 5.93. The van der Waals surface area contributed by atoms with Gasteiger partial charge < -0.3 is 5.32 Å². The third-order valence-electron chi connectivity index (χ3n) is 2.67. The van der Waals surface area contributed by atoms with Gasteiger partial charge in [0.15, 0.2) is 0 Å². The van der Waals surface area contributed by atoms with Crippen LogP contribution in [0.1, 0.15) is 18.9 Å². The molecule has 0 bridgehead atoms. The monoisotopic (exact) mass is 227 g/mol. The molecule has 2 rings (SSSR count). The van der Waals surface area contributed by atoms with Crippen LogP contribution in [0.25, 0.3) is 11.3 Å². The topological polar surface area (TPSA) is 37.8 Å². The Bertz CT molecular complexity index is 480. The van der Waals surface area contributed by atoms with Crippen LogP contribution in [0, 0.1) is 6.92 Å². The molecular formula is C14H17N3. The Morgan fingerprint density at radius 2 is 1.88 bits per heavy atom. The van der Waals surface area contributed by atoms with Crippen molar-refractivity contribution in [1.29, 1.82) is 0 Å². The maximum atomic E-state index is 4.37. The van der Waals surface area contributed by atoms with Crippen molar-refractivity contribution in [3.8, 4) is 11.3 Å². The van der Waals surface area contributed by atoms with E-state index >= 15 is 0 Å². The molecule has 3 nitrogen and oxygen atoms in total. The van der Waals surface area contributed by atoms with E-state index in [0.717, 1.165) is 35.6 Å². The van der Waals surface area contributed by atoms with Crippen LogP contribution in [-0.4, -0.2) is 16.5 Å². The number of hydrogen-bond donors (Lipinski definition) is 1. The maximum absolute atomic E-state index is 4.37. The third kappa shape index (κ3) is 2.61. The van der Waals surface area contributed by atoms with Gasteiger partial charge in [0.1, 0.15) is 12.1 Å². The van der Waals surface area contributed by atoms with Crippen molar-refractivity contribution < 1.29 is 0 Å². The summed E-state index contributed by atoms with van der Waals surface area (Å²) in [7, 11) is 0. The summed E-state index contributed by atoms with van der Waals surface area (Å²) in [6, 6.07) is 10.2. The second-order valence-corrected chi connectivity index (χ2v) is 3.99. The zero-order valence-electron chi connectivity index (χ0n) is 10.3. The summed E-state index contributed by atoms with van der Waals surface area (Å²) >= 11 is 0. The fraction of sp³-hybridized carbons (Fsp3) is 0.286. The van der Waals surface area contributed by atoms with Crippen molar-refractivity contribution in [1.82, 2.24) is 9.97 Å². The van der Waals surface area contributed by atoms with E-state index in [0.29, 0.717) is 0 Å². The number of nitrogens with one attached hydrogen (secondary N) is 1. The van der Waals surface area contributed by atoms with Gasteiger partial charge in [0, 0.05) is 17.7 Å². The second-order valence-electron chi connectivity index (χ2n) is 3.99. The fourth-order valence-electron chi connectivity index (χ4n) is 1.76. The fourth-order valence-corrected chi connectivity index (χ4v) is 1.76. The summed E-state index contributed by atoms with van der Waals surface area (Å²) < 4.78 is 0. The van der Waals surface area contributed by atoms with E-state index in [9.17, 15) is 0 Å². The molecule has 0 fully saturated rings. The van der Waals surface area contributed by atoms with Crippen LogP contribution in [0.4, 0.5) is 5.82 Å². The van der Waals surface area contributed by atoms with E-state index < -0.39 is 0 Å². The Balaban J connectivity index is 2.36. The third-order valence-corrected chi connectivity index (χ3v) is 2.67. The first-order valence-corrected chi connectivity index (χ1v) is 5.93. The average Bonchev–Trinajstić information content (AvgIpc) is 2.39. The molecule has 0 aliphatic heterocycles. The molecule has 1 aromatic heterocycles. The molecule has 0 atom stereocenters. The van der Waals surface area contributed by atoms with Gasteiger partial charge in [0.2, 0.25) is 0 Å². The summed E-state index contributed by atoms with van der Waals surface area (Å²) in [6.45, 7) is 5.13. The molecule has 1 aromatic carbocycles. The Kier molecular flexibility index (Phi) is 3.70. The summed E-state index contributed by atoms with van der Waals surface area (Å²) in [5.74, 6) is 0.931. The molecule has 0 saturated carbocycles. The Morgan fingerprint density at radius 3 is 2.59 bits per heavy atom. The van der Waals surface area contributed by atoms with Crippen molar-refractivity contribution in [2.45, 2.75) is 20.3 Å². The lowest BCUT2D eigenvalue weighted by Crippen LogP contribution is -2.05. The molecule has 0 saturated heterocycles. The van der Waals surface area contributed by atoms with Crippen LogP contribution < -0.4 is 5.32 Å². The van der Waals surface area contributed by atoms with Crippen LogP contribution >= 0.6 is 0 Å². The van der Waals surface area contributed by atoms with Gasteiger partial charge in [0.05, 0.1) is 5.69 Å². The van der Waals surface area contributed by atoms with Crippen LogP contribution in [0.2, 0.25) is 0 Å². The lowest BCUT2D eigenvalue weighted by molar-refractivity contribution is 0.960. The molecule has 0 spiro atoms. The Morgan fingerprint density at radius 1 is 1.12 bits per heavy atom. The number of anilines is 1. The average molecular weight is 227 g/mol. The van der Waals surface area contributed by atoms with Gasteiger partial charge in [-0.25, -0.2) is 9.97 Å². The number of aromatic nitrogens is 2. The molecule has 1 N–H and O–H groups in total. The molecular weight excluding hydrogens is 210 g/mol. The van der Waals surface area contributed by atoms with E-state index in [4.69, 9.17) is 0 Å². The number of hydrogen-bond acceptors (Lipinski definition) is 3. The molecule has 1 heterocycles. The molecule has 17 heavy (non-hydrogen) atoms.